The van der Waals surface area contributed by atoms with E-state index < -0.39 is 0 Å². The molecule has 0 atom stereocenters. The predicted molar refractivity (Wildman–Crippen MR) is 51.2 cm³/mol. The van der Waals surface area contributed by atoms with Crippen molar-refractivity contribution in [2.75, 3.05) is 13.1 Å². The van der Waals surface area contributed by atoms with Gasteiger partial charge in [-0.25, -0.2) is 0 Å². The third-order valence-corrected chi connectivity index (χ3v) is 3.12. The van der Waals surface area contributed by atoms with Crippen molar-refractivity contribution < 1.29 is 4.74 Å². The largest absolute Gasteiger partial charge is 0.474 e. The molecule has 2 rings (SSSR count). The number of hydrogen-bond donors (Lipinski definition) is 1. The molecule has 0 amide bonds. The molecule has 1 aliphatic rings. The zero-order valence-electron chi connectivity index (χ0n) is 6.76. The molecule has 0 aliphatic carbocycles. The number of rotatable bonds is 2. The lowest BCUT2D eigenvalue weighted by molar-refractivity contribution is 0.0387. The van der Waals surface area contributed by atoms with Crippen molar-refractivity contribution in [2.45, 2.75) is 12.5 Å². The summed E-state index contributed by atoms with van der Waals surface area (Å²) >= 11 is 7.44. The summed E-state index contributed by atoms with van der Waals surface area (Å²) in [5, 5.41) is 6.66. The summed E-state index contributed by atoms with van der Waals surface area (Å²) < 4.78 is 5.73. The highest BCUT2D eigenvalue weighted by Crippen LogP contribution is 2.34. The molecule has 0 bridgehead atoms. The van der Waals surface area contributed by atoms with Gasteiger partial charge in [-0.2, -0.15) is 0 Å². The lowest BCUT2D eigenvalue weighted by Gasteiger charge is -2.38. The lowest BCUT2D eigenvalue weighted by Crippen LogP contribution is -2.60. The van der Waals surface area contributed by atoms with Crippen LogP contribution < -0.4 is 10.1 Å². The standard InChI is InChI=1S/C8H10ClNOS/c1-8(4-10-5-8)11-7-6(9)2-3-12-7/h2-3,10H,4-5H2,1H3. The Morgan fingerprint density at radius 3 is 2.83 bits per heavy atom. The van der Waals surface area contributed by atoms with Crippen LogP contribution in [0.3, 0.4) is 0 Å². The summed E-state index contributed by atoms with van der Waals surface area (Å²) in [4.78, 5) is 0. The Kier molecular flexibility index (Phi) is 2.02. The van der Waals surface area contributed by atoms with Crippen LogP contribution >= 0.6 is 22.9 Å². The Morgan fingerprint density at radius 1 is 1.67 bits per heavy atom. The van der Waals surface area contributed by atoms with E-state index in [2.05, 4.69) is 12.2 Å². The van der Waals surface area contributed by atoms with Crippen LogP contribution in [0.4, 0.5) is 0 Å². The molecule has 12 heavy (non-hydrogen) atoms. The first-order chi connectivity index (χ1) is 5.70. The molecule has 0 saturated carbocycles. The normalized spacial score (nSPS) is 20.2. The Bertz CT molecular complexity index is 282. The second kappa shape index (κ2) is 2.91. The maximum Gasteiger partial charge on any atom is 0.193 e. The Labute approximate surface area is 80.5 Å². The van der Waals surface area contributed by atoms with Gasteiger partial charge < -0.3 is 10.1 Å². The summed E-state index contributed by atoms with van der Waals surface area (Å²) in [5.41, 5.74) is -0.0471. The van der Waals surface area contributed by atoms with Gasteiger partial charge in [0.05, 0.1) is 5.02 Å². The van der Waals surface area contributed by atoms with Crippen LogP contribution in [-0.2, 0) is 0 Å². The van der Waals surface area contributed by atoms with Crippen molar-refractivity contribution in [2.24, 2.45) is 0 Å². The Hall–Kier alpha value is -0.250. The number of ether oxygens (including phenoxy) is 1. The molecule has 0 unspecified atom stereocenters. The number of thiophene rings is 1. The highest BCUT2D eigenvalue weighted by Gasteiger charge is 2.34. The van der Waals surface area contributed by atoms with Crippen LogP contribution in [-0.4, -0.2) is 18.7 Å². The van der Waals surface area contributed by atoms with Crippen molar-refractivity contribution in [1.29, 1.82) is 0 Å². The van der Waals surface area contributed by atoms with Crippen molar-refractivity contribution in [1.82, 2.24) is 5.32 Å². The molecule has 66 valence electrons. The van der Waals surface area contributed by atoms with Crippen LogP contribution in [0.5, 0.6) is 5.06 Å². The van der Waals surface area contributed by atoms with E-state index in [0.29, 0.717) is 5.02 Å². The van der Waals surface area contributed by atoms with E-state index in [1.54, 1.807) is 11.3 Å². The Morgan fingerprint density at radius 2 is 2.42 bits per heavy atom. The van der Waals surface area contributed by atoms with Gasteiger partial charge in [-0.1, -0.05) is 11.6 Å². The molecule has 2 nitrogen and oxygen atoms in total. The van der Waals surface area contributed by atoms with E-state index in [1.165, 1.54) is 0 Å². The van der Waals surface area contributed by atoms with E-state index in [4.69, 9.17) is 16.3 Å². The first-order valence-corrected chi connectivity index (χ1v) is 5.08. The first-order valence-electron chi connectivity index (χ1n) is 3.82. The van der Waals surface area contributed by atoms with E-state index in [-0.39, 0.29) is 5.60 Å². The van der Waals surface area contributed by atoms with Crippen molar-refractivity contribution in [3.05, 3.63) is 16.5 Å². The fourth-order valence-electron chi connectivity index (χ4n) is 1.13. The average molecular weight is 204 g/mol. The predicted octanol–water partition coefficient (Wildman–Crippen LogP) is 2.14. The van der Waals surface area contributed by atoms with Crippen LogP contribution in [0.1, 0.15) is 6.92 Å². The minimum atomic E-state index is -0.0471. The molecule has 1 aromatic rings. The van der Waals surface area contributed by atoms with Crippen LogP contribution in [0.25, 0.3) is 0 Å². The number of nitrogens with one attached hydrogen (secondary N) is 1. The maximum absolute atomic E-state index is 5.89. The molecule has 1 fully saturated rings. The van der Waals surface area contributed by atoms with Gasteiger partial charge in [0.1, 0.15) is 5.60 Å². The minimum Gasteiger partial charge on any atom is -0.474 e. The number of hydrogen-bond acceptors (Lipinski definition) is 3. The average Bonchev–Trinajstić information content (AvgIpc) is 2.34. The lowest BCUT2D eigenvalue weighted by atomic mass is 10.0. The minimum absolute atomic E-state index is 0.0471. The molecular formula is C8H10ClNOS. The molecule has 4 heteroatoms. The molecule has 0 spiro atoms. The van der Waals surface area contributed by atoms with Gasteiger partial charge in [-0.15, -0.1) is 11.3 Å². The molecule has 0 radical (unpaired) electrons. The SMILES string of the molecule is CC1(Oc2sccc2Cl)CNC1. The molecule has 0 aromatic carbocycles. The van der Waals surface area contributed by atoms with E-state index in [9.17, 15) is 0 Å². The quantitative estimate of drug-likeness (QED) is 0.796. The fraction of sp³-hybridized carbons (Fsp3) is 0.500. The zero-order chi connectivity index (χ0) is 8.60. The second-order valence-corrected chi connectivity index (χ2v) is 4.50. The van der Waals surface area contributed by atoms with Gasteiger partial charge in [-0.05, 0) is 18.4 Å². The fourth-order valence-corrected chi connectivity index (χ4v) is 2.19. The molecule has 2 heterocycles. The van der Waals surface area contributed by atoms with Gasteiger partial charge in [0.15, 0.2) is 5.06 Å². The van der Waals surface area contributed by atoms with E-state index >= 15 is 0 Å². The summed E-state index contributed by atoms with van der Waals surface area (Å²) in [6.07, 6.45) is 0. The van der Waals surface area contributed by atoms with Crippen LogP contribution in [0.2, 0.25) is 5.02 Å². The van der Waals surface area contributed by atoms with Gasteiger partial charge in [-0.3, -0.25) is 0 Å². The summed E-state index contributed by atoms with van der Waals surface area (Å²) in [6.45, 7) is 3.89. The third kappa shape index (κ3) is 1.44. The van der Waals surface area contributed by atoms with Crippen LogP contribution in [0.15, 0.2) is 11.4 Å². The zero-order valence-corrected chi connectivity index (χ0v) is 8.34. The highest BCUT2D eigenvalue weighted by molar-refractivity contribution is 7.12. The van der Waals surface area contributed by atoms with Crippen molar-refractivity contribution >= 4 is 22.9 Å². The molecule has 1 N–H and O–H groups in total. The number of halogens is 1. The van der Waals surface area contributed by atoms with E-state index in [1.807, 2.05) is 11.4 Å². The molecular weight excluding hydrogens is 194 g/mol. The summed E-state index contributed by atoms with van der Waals surface area (Å²) in [5.74, 6) is 0. The summed E-state index contributed by atoms with van der Waals surface area (Å²) in [6, 6.07) is 1.86. The van der Waals surface area contributed by atoms with Gasteiger partial charge in [0, 0.05) is 13.1 Å². The van der Waals surface area contributed by atoms with Gasteiger partial charge in [0.2, 0.25) is 0 Å². The molecule has 1 aliphatic heterocycles. The van der Waals surface area contributed by atoms with Crippen molar-refractivity contribution in [3.63, 3.8) is 0 Å². The molecule has 1 aromatic heterocycles. The van der Waals surface area contributed by atoms with Gasteiger partial charge >= 0.3 is 0 Å². The van der Waals surface area contributed by atoms with Crippen molar-refractivity contribution in [3.8, 4) is 5.06 Å². The summed E-state index contributed by atoms with van der Waals surface area (Å²) in [7, 11) is 0. The highest BCUT2D eigenvalue weighted by atomic mass is 35.5. The van der Waals surface area contributed by atoms with E-state index in [0.717, 1.165) is 18.2 Å². The Balaban J connectivity index is 2.08. The topological polar surface area (TPSA) is 21.3 Å². The van der Waals surface area contributed by atoms with Gasteiger partial charge in [0.25, 0.3) is 0 Å². The smallest absolute Gasteiger partial charge is 0.193 e. The monoisotopic (exact) mass is 203 g/mol. The second-order valence-electron chi connectivity index (χ2n) is 3.21. The first kappa shape index (κ1) is 8.35. The van der Waals surface area contributed by atoms with Crippen LogP contribution in [0, 0.1) is 0 Å². The molecule has 1 saturated heterocycles. The maximum atomic E-state index is 5.89. The third-order valence-electron chi connectivity index (χ3n) is 1.92.